The zero-order valence-electron chi connectivity index (χ0n) is 56.4. The van der Waals surface area contributed by atoms with Crippen LogP contribution in [0.3, 0.4) is 0 Å². The smallest absolute Gasteiger partial charge is 0.407 e. The van der Waals surface area contributed by atoms with Crippen molar-refractivity contribution in [3.63, 3.8) is 0 Å². The summed E-state index contributed by atoms with van der Waals surface area (Å²) in [6.07, 6.45) is -8.57. The first kappa shape index (κ1) is 73.1. The molecule has 0 radical (unpaired) electrons. The number of hydrogen-bond acceptors (Lipinski definition) is 20. The SMILES string of the molecule is CC[C@@]1(O)C(=O)OCc2c1cc1n(c2=O)Cc2c-1nc1cc(F)c(C)c3c1c2[C@@H](NC(=O)C(C)(C)COCNC(=O)CNC(=O)[C@H](Cc1ccccc1)NC(=O)CNC(=O)CNC(=O)[C@H](CCC(=O)NC[C@@H]1O[C@H](CO)[C@@H](O)[C@H](O)[C@H]1O)NC(=O)OCC1c2ccccc2-c2ccccc21)CC3. The number of aliphatic hydroxyl groups is 5. The van der Waals surface area contributed by atoms with Crippen LogP contribution in [0.5, 0.6) is 0 Å². The third kappa shape index (κ3) is 15.4. The number of aromatic nitrogens is 2. The standard InChI is InChI=1S/C72H81FN10O19/c1-5-72(98)46-24-52-61-43(30-83(52)67(94)45(46)33-100-69(72)96)60-48(20-19-38-36(2)47(73)25-50(80-61)59(38)60)81-68(95)71(3,4)34-99-35-78-57(87)28-77-66(93)51(23-37-13-7-6-8-14-37)79-58(88)29-75-56(86)27-76-65(92)49(21-22-55(85)74-26-53-62(89)64(91)63(90)54(31-84)102-53)82-70(97)101-32-44-41-17-11-9-15-39(41)40-16-10-12-18-42(40)44/h6-18,24-25,44,48-49,51,53-54,62-64,84,89-91,98H,5,19-23,26-35H2,1-4H3,(H,74,85)(H,75,86)(H,76,92)(H,77,93)(H,78,87)(H,79,88)(H,81,95)(H,82,97)/t48-,49-,51-,53-,54+,62-,63+,64+,72-/m0/s1. The average Bonchev–Trinajstić information content (AvgIpc) is 1.49. The Morgan fingerprint density at radius 3 is 2.10 bits per heavy atom. The predicted molar refractivity (Wildman–Crippen MR) is 360 cm³/mol. The molecule has 1 saturated heterocycles. The molecule has 2 aromatic heterocycles. The summed E-state index contributed by atoms with van der Waals surface area (Å²) in [4.78, 5) is 140. The Labute approximate surface area is 583 Å². The van der Waals surface area contributed by atoms with Gasteiger partial charge in [-0.25, -0.2) is 19.0 Å². The molecule has 4 aromatic carbocycles. The maximum absolute atomic E-state index is 15.6. The fourth-order valence-corrected chi connectivity index (χ4v) is 13.7. The minimum atomic E-state index is -2.08. The van der Waals surface area contributed by atoms with Crippen molar-refractivity contribution in [1.29, 1.82) is 0 Å². The molecule has 8 amide bonds. The highest BCUT2D eigenvalue weighted by Gasteiger charge is 2.47. The van der Waals surface area contributed by atoms with Crippen molar-refractivity contribution in [2.24, 2.45) is 5.41 Å². The first-order valence-electron chi connectivity index (χ1n) is 33.6. The molecule has 1 fully saturated rings. The lowest BCUT2D eigenvalue weighted by Gasteiger charge is -2.40. The van der Waals surface area contributed by atoms with E-state index < -0.39 is 157 Å². The van der Waals surface area contributed by atoms with Gasteiger partial charge in [-0.05, 0) is 97.0 Å². The minimum Gasteiger partial charge on any atom is -0.458 e. The number of cyclic esters (lactones) is 1. The Hall–Kier alpha value is -10.1. The van der Waals surface area contributed by atoms with Crippen LogP contribution in [0.1, 0.15) is 108 Å². The quantitative estimate of drug-likeness (QED) is 0.0189. The van der Waals surface area contributed by atoms with E-state index in [1.54, 1.807) is 64.1 Å². The summed E-state index contributed by atoms with van der Waals surface area (Å²) in [5.41, 5.74) is 4.27. The van der Waals surface area contributed by atoms with Crippen LogP contribution in [0.4, 0.5) is 9.18 Å². The molecular weight excluding hydrogens is 1330 g/mol. The van der Waals surface area contributed by atoms with Crippen molar-refractivity contribution in [2.45, 2.75) is 140 Å². The summed E-state index contributed by atoms with van der Waals surface area (Å²) in [6.45, 7) is 2.48. The third-order valence-electron chi connectivity index (χ3n) is 19.5. The largest absolute Gasteiger partial charge is 0.458 e. The molecule has 13 N–H and O–H groups in total. The molecule has 540 valence electrons. The minimum absolute atomic E-state index is 0.0371. The highest BCUT2D eigenvalue weighted by Crippen LogP contribution is 2.47. The summed E-state index contributed by atoms with van der Waals surface area (Å²) >= 11 is 0. The number of halogens is 1. The van der Waals surface area contributed by atoms with Gasteiger partial charge < -0.3 is 91.6 Å². The number of fused-ring (bicyclic) bond motifs is 8. The van der Waals surface area contributed by atoms with Gasteiger partial charge in [0.15, 0.2) is 5.60 Å². The van der Waals surface area contributed by atoms with Crippen LogP contribution >= 0.6 is 0 Å². The van der Waals surface area contributed by atoms with E-state index in [1.165, 1.54) is 10.6 Å². The van der Waals surface area contributed by atoms with Gasteiger partial charge in [-0.3, -0.25) is 38.4 Å². The molecule has 102 heavy (non-hydrogen) atoms. The van der Waals surface area contributed by atoms with E-state index in [4.69, 9.17) is 23.9 Å². The Bertz CT molecular complexity index is 4300. The number of rotatable bonds is 27. The molecule has 2 aliphatic carbocycles. The van der Waals surface area contributed by atoms with Crippen LogP contribution in [0, 0.1) is 18.2 Å². The number of aryl methyl sites for hydroxylation is 1. The van der Waals surface area contributed by atoms with E-state index in [0.717, 1.165) is 27.8 Å². The van der Waals surface area contributed by atoms with Crippen LogP contribution in [-0.4, -0.2) is 184 Å². The number of carbonyl (C=O) groups is 9. The number of aliphatic hydroxyl groups excluding tert-OH is 4. The summed E-state index contributed by atoms with van der Waals surface area (Å²) in [6, 6.07) is 23.3. The molecule has 0 unspecified atom stereocenters. The maximum atomic E-state index is 15.6. The van der Waals surface area contributed by atoms with Crippen LogP contribution in [0.15, 0.2) is 95.8 Å². The average molecular weight is 1410 g/mol. The van der Waals surface area contributed by atoms with Gasteiger partial charge in [-0.2, -0.15) is 0 Å². The molecule has 30 heteroatoms. The summed E-state index contributed by atoms with van der Waals surface area (Å²) in [7, 11) is 0. The lowest BCUT2D eigenvalue weighted by molar-refractivity contribution is -0.227. The van der Waals surface area contributed by atoms with Crippen molar-refractivity contribution < 1.29 is 92.0 Å². The molecule has 29 nitrogen and oxygen atoms in total. The van der Waals surface area contributed by atoms with E-state index in [2.05, 4.69) is 42.5 Å². The number of hydrogen-bond donors (Lipinski definition) is 13. The van der Waals surface area contributed by atoms with Crippen LogP contribution in [0.25, 0.3) is 33.4 Å². The second-order valence-corrected chi connectivity index (χ2v) is 26.6. The van der Waals surface area contributed by atoms with Crippen LogP contribution in [0.2, 0.25) is 0 Å². The third-order valence-corrected chi connectivity index (χ3v) is 19.5. The van der Waals surface area contributed by atoms with Gasteiger partial charge in [-0.1, -0.05) is 85.8 Å². The van der Waals surface area contributed by atoms with E-state index in [1.807, 2.05) is 48.5 Å². The number of carbonyl (C=O) groups excluding carboxylic acids is 9. The molecule has 3 aliphatic heterocycles. The van der Waals surface area contributed by atoms with Crippen molar-refractivity contribution in [1.82, 2.24) is 52.1 Å². The van der Waals surface area contributed by atoms with Gasteiger partial charge in [0.2, 0.25) is 41.4 Å². The van der Waals surface area contributed by atoms with Gasteiger partial charge >= 0.3 is 12.1 Å². The second kappa shape index (κ2) is 31.0. The highest BCUT2D eigenvalue weighted by molar-refractivity contribution is 5.96. The molecular formula is C72H81FN10O19. The van der Waals surface area contributed by atoms with Gasteiger partial charge in [0.1, 0.15) is 68.4 Å². The summed E-state index contributed by atoms with van der Waals surface area (Å²) in [5, 5.41) is 73.0. The first-order valence-corrected chi connectivity index (χ1v) is 33.6. The van der Waals surface area contributed by atoms with Crippen molar-refractivity contribution in [2.75, 3.05) is 52.7 Å². The fourth-order valence-electron chi connectivity index (χ4n) is 13.7. The zero-order valence-corrected chi connectivity index (χ0v) is 56.4. The monoisotopic (exact) mass is 1410 g/mol. The van der Waals surface area contributed by atoms with Gasteiger partial charge in [-0.15, -0.1) is 0 Å². The Kier molecular flexibility index (Phi) is 22.3. The van der Waals surface area contributed by atoms with Gasteiger partial charge in [0, 0.05) is 47.9 Å². The second-order valence-electron chi connectivity index (χ2n) is 26.6. The molecule has 11 rings (SSSR count). The zero-order chi connectivity index (χ0) is 72.9. The van der Waals surface area contributed by atoms with Crippen molar-refractivity contribution >= 4 is 64.3 Å². The highest BCUT2D eigenvalue weighted by atomic mass is 19.1. The number of esters is 1. The topological polar surface area (TPSA) is 423 Å². The molecule has 9 atom stereocenters. The molecule has 0 spiro atoms. The number of benzene rings is 4. The lowest BCUT2D eigenvalue weighted by atomic mass is 9.81. The van der Waals surface area contributed by atoms with Crippen molar-refractivity contribution in [3.05, 3.63) is 157 Å². The molecule has 0 saturated carbocycles. The maximum Gasteiger partial charge on any atom is 0.407 e. The number of nitrogens with zero attached hydrogens (tertiary/aromatic N) is 2. The molecule has 5 heterocycles. The summed E-state index contributed by atoms with van der Waals surface area (Å²) < 4.78 is 39.2. The number of amides is 8. The molecule has 5 aliphatic rings. The number of ether oxygens (including phenoxy) is 4. The Morgan fingerprint density at radius 1 is 0.765 bits per heavy atom. The van der Waals surface area contributed by atoms with Gasteiger partial charge in [0.05, 0.1) is 73.3 Å². The number of pyridine rings is 2. The lowest BCUT2D eigenvalue weighted by Crippen LogP contribution is -2.60. The van der Waals surface area contributed by atoms with Gasteiger partial charge in [0.25, 0.3) is 5.56 Å². The normalized spacial score (nSPS) is 20.5. The van der Waals surface area contributed by atoms with E-state index in [-0.39, 0.29) is 75.9 Å². The van der Waals surface area contributed by atoms with E-state index in [0.29, 0.717) is 57.4 Å². The van der Waals surface area contributed by atoms with Crippen LogP contribution in [-0.2, 0) is 88.9 Å². The Balaban J connectivity index is 0.659. The molecule has 0 bridgehead atoms. The molecule has 6 aromatic rings. The van der Waals surface area contributed by atoms with Crippen LogP contribution < -0.4 is 48.1 Å². The van der Waals surface area contributed by atoms with E-state index in [9.17, 15) is 73.5 Å². The Morgan fingerprint density at radius 2 is 1.41 bits per heavy atom. The van der Waals surface area contributed by atoms with E-state index >= 15 is 4.39 Å². The first-order chi connectivity index (χ1) is 48.8. The van der Waals surface area contributed by atoms with Crippen molar-refractivity contribution in [3.8, 4) is 22.5 Å². The summed E-state index contributed by atoms with van der Waals surface area (Å²) in [5.74, 6) is -6.93. The predicted octanol–water partition coefficient (Wildman–Crippen LogP) is 0.469. The number of alkyl carbamates (subject to hydrolysis) is 1. The fraction of sp³-hybridized carbons (Fsp3) is 0.431. The number of nitrogens with one attached hydrogen (secondary N) is 8.